The van der Waals surface area contributed by atoms with Gasteiger partial charge in [-0.1, -0.05) is 6.92 Å². The van der Waals surface area contributed by atoms with Gasteiger partial charge in [0.1, 0.15) is 6.07 Å². The smallest absolute Gasteiger partial charge is 0.208 e. The van der Waals surface area contributed by atoms with Crippen molar-refractivity contribution in [3.05, 3.63) is 0 Å². The lowest BCUT2D eigenvalue weighted by Gasteiger charge is -2.41. The Morgan fingerprint density at radius 1 is 0.938 bits per heavy atom. The molecule has 0 rings (SSSR count). The Morgan fingerprint density at radius 2 is 1.38 bits per heavy atom. The van der Waals surface area contributed by atoms with Gasteiger partial charge in [-0.15, -0.1) is 0 Å². The van der Waals surface area contributed by atoms with Crippen molar-refractivity contribution < 1.29 is 14.2 Å². The lowest BCUT2D eigenvalue weighted by molar-refractivity contribution is -0.303. The second kappa shape index (κ2) is 6.85. The summed E-state index contributed by atoms with van der Waals surface area (Å²) in [4.78, 5) is 0. The SMILES string of the molecule is CCOC(C#N)(CC)C(C)(OCC)OCC. The van der Waals surface area contributed by atoms with Crippen molar-refractivity contribution in [1.82, 2.24) is 0 Å². The normalized spacial score (nSPS) is 15.5. The number of hydrogen-bond acceptors (Lipinski definition) is 4. The van der Waals surface area contributed by atoms with Gasteiger partial charge in [0.05, 0.1) is 0 Å². The average Bonchev–Trinajstić information content (AvgIpc) is 2.26. The highest BCUT2D eigenvalue weighted by Crippen LogP contribution is 2.33. The van der Waals surface area contributed by atoms with E-state index in [0.29, 0.717) is 26.2 Å². The molecule has 0 aromatic heterocycles. The molecule has 0 N–H and O–H groups in total. The third kappa shape index (κ3) is 2.94. The number of ether oxygens (including phenoxy) is 3. The Bertz CT molecular complexity index is 231. The fraction of sp³-hybridized carbons (Fsp3) is 0.917. The van der Waals surface area contributed by atoms with Gasteiger partial charge in [-0.2, -0.15) is 5.26 Å². The van der Waals surface area contributed by atoms with E-state index < -0.39 is 11.4 Å². The van der Waals surface area contributed by atoms with Crippen LogP contribution in [0.3, 0.4) is 0 Å². The van der Waals surface area contributed by atoms with Crippen molar-refractivity contribution in [3.63, 3.8) is 0 Å². The molecule has 0 aliphatic heterocycles. The van der Waals surface area contributed by atoms with E-state index in [-0.39, 0.29) is 0 Å². The highest BCUT2D eigenvalue weighted by molar-refractivity contribution is 5.10. The second-order valence-electron chi connectivity index (χ2n) is 3.54. The van der Waals surface area contributed by atoms with Crippen molar-refractivity contribution in [2.24, 2.45) is 0 Å². The summed E-state index contributed by atoms with van der Waals surface area (Å²) in [6, 6.07) is 2.20. The van der Waals surface area contributed by atoms with E-state index in [4.69, 9.17) is 14.2 Å². The van der Waals surface area contributed by atoms with Crippen LogP contribution < -0.4 is 0 Å². The third-order valence-corrected chi connectivity index (χ3v) is 2.64. The van der Waals surface area contributed by atoms with Crippen LogP contribution in [0.4, 0.5) is 0 Å². The first-order valence-electron chi connectivity index (χ1n) is 5.88. The fourth-order valence-electron chi connectivity index (χ4n) is 1.84. The highest BCUT2D eigenvalue weighted by atomic mass is 16.7. The van der Waals surface area contributed by atoms with Crippen LogP contribution in [-0.2, 0) is 14.2 Å². The molecule has 0 fully saturated rings. The molecule has 0 bridgehead atoms. The molecule has 0 aliphatic rings. The number of nitrogens with zero attached hydrogens (tertiary/aromatic N) is 1. The quantitative estimate of drug-likeness (QED) is 0.600. The first kappa shape index (κ1) is 15.4. The van der Waals surface area contributed by atoms with Crippen LogP contribution in [0.15, 0.2) is 0 Å². The highest BCUT2D eigenvalue weighted by Gasteiger charge is 2.51. The van der Waals surface area contributed by atoms with Crippen molar-refractivity contribution in [2.45, 2.75) is 52.4 Å². The van der Waals surface area contributed by atoms with Crippen LogP contribution in [0.1, 0.15) is 41.0 Å². The van der Waals surface area contributed by atoms with Gasteiger partial charge in [-0.3, -0.25) is 0 Å². The maximum Gasteiger partial charge on any atom is 0.208 e. The van der Waals surface area contributed by atoms with Crippen LogP contribution in [0.5, 0.6) is 0 Å². The molecule has 0 amide bonds. The summed E-state index contributed by atoms with van der Waals surface area (Å²) in [7, 11) is 0. The maximum absolute atomic E-state index is 9.36. The summed E-state index contributed by atoms with van der Waals surface area (Å²) >= 11 is 0. The third-order valence-electron chi connectivity index (χ3n) is 2.64. The zero-order chi connectivity index (χ0) is 12.7. The molecule has 0 radical (unpaired) electrons. The van der Waals surface area contributed by atoms with Crippen LogP contribution in [-0.4, -0.2) is 31.2 Å². The standard InChI is InChI=1S/C12H23NO3/c1-6-12(10-13,16-9-4)11(5,14-7-2)15-8-3/h6-9H2,1-5H3. The first-order chi connectivity index (χ1) is 7.55. The Balaban J connectivity index is 5.15. The van der Waals surface area contributed by atoms with E-state index in [2.05, 4.69) is 6.07 Å². The Kier molecular flexibility index (Phi) is 6.58. The van der Waals surface area contributed by atoms with Crippen LogP contribution in [0.25, 0.3) is 0 Å². The molecule has 0 aliphatic carbocycles. The minimum Gasteiger partial charge on any atom is -0.355 e. The summed E-state index contributed by atoms with van der Waals surface area (Å²) < 4.78 is 16.8. The molecule has 0 aromatic rings. The number of nitriles is 1. The van der Waals surface area contributed by atoms with E-state index in [9.17, 15) is 5.26 Å². The minimum absolute atomic E-state index is 0.455. The van der Waals surface area contributed by atoms with Crippen molar-refractivity contribution >= 4 is 0 Å². The molecular weight excluding hydrogens is 206 g/mol. The zero-order valence-corrected chi connectivity index (χ0v) is 11.0. The average molecular weight is 229 g/mol. The molecule has 4 heteroatoms. The summed E-state index contributed by atoms with van der Waals surface area (Å²) in [6.45, 7) is 10.7. The van der Waals surface area contributed by atoms with Crippen molar-refractivity contribution in [3.8, 4) is 6.07 Å². The first-order valence-corrected chi connectivity index (χ1v) is 5.88. The molecule has 1 unspecified atom stereocenters. The van der Waals surface area contributed by atoms with Gasteiger partial charge in [-0.05, 0) is 34.1 Å². The summed E-state index contributed by atoms with van der Waals surface area (Å²) in [6.07, 6.45) is 0.522. The van der Waals surface area contributed by atoms with Crippen LogP contribution in [0, 0.1) is 11.3 Å². The van der Waals surface area contributed by atoms with E-state index in [1.165, 1.54) is 0 Å². The number of hydrogen-bond donors (Lipinski definition) is 0. The lowest BCUT2D eigenvalue weighted by atomic mass is 9.92. The fourth-order valence-corrected chi connectivity index (χ4v) is 1.84. The maximum atomic E-state index is 9.36. The molecule has 0 saturated carbocycles. The van der Waals surface area contributed by atoms with E-state index in [0.717, 1.165) is 0 Å². The molecule has 0 heterocycles. The minimum atomic E-state index is -1.05. The molecule has 0 spiro atoms. The van der Waals surface area contributed by atoms with Gasteiger partial charge in [0.25, 0.3) is 0 Å². The molecular formula is C12H23NO3. The molecule has 4 nitrogen and oxygen atoms in total. The summed E-state index contributed by atoms with van der Waals surface area (Å²) in [5.74, 6) is -1.02. The van der Waals surface area contributed by atoms with Gasteiger partial charge in [-0.25, -0.2) is 0 Å². The van der Waals surface area contributed by atoms with Crippen LogP contribution in [0.2, 0.25) is 0 Å². The van der Waals surface area contributed by atoms with E-state index in [1.54, 1.807) is 6.92 Å². The largest absolute Gasteiger partial charge is 0.355 e. The van der Waals surface area contributed by atoms with E-state index in [1.807, 2.05) is 27.7 Å². The predicted octanol–water partition coefficient (Wildman–Crippen LogP) is 2.48. The van der Waals surface area contributed by atoms with Gasteiger partial charge >= 0.3 is 0 Å². The van der Waals surface area contributed by atoms with Gasteiger partial charge in [0, 0.05) is 19.8 Å². The second-order valence-corrected chi connectivity index (χ2v) is 3.54. The van der Waals surface area contributed by atoms with Crippen molar-refractivity contribution in [1.29, 1.82) is 5.26 Å². The number of rotatable bonds is 8. The van der Waals surface area contributed by atoms with Gasteiger partial charge in [0.15, 0.2) is 0 Å². The van der Waals surface area contributed by atoms with Gasteiger partial charge in [0.2, 0.25) is 11.4 Å². The molecule has 0 saturated heterocycles. The summed E-state index contributed by atoms with van der Waals surface area (Å²) in [5, 5.41) is 9.36. The Hall–Kier alpha value is -0.630. The van der Waals surface area contributed by atoms with Gasteiger partial charge < -0.3 is 14.2 Å². The monoisotopic (exact) mass is 229 g/mol. The Morgan fingerprint density at radius 3 is 1.62 bits per heavy atom. The molecule has 1 atom stereocenters. The molecule has 16 heavy (non-hydrogen) atoms. The topological polar surface area (TPSA) is 51.5 Å². The van der Waals surface area contributed by atoms with Crippen LogP contribution >= 0.6 is 0 Å². The predicted molar refractivity (Wildman–Crippen MR) is 61.9 cm³/mol. The molecule has 94 valence electrons. The summed E-state index contributed by atoms with van der Waals surface area (Å²) in [5.41, 5.74) is -1.05. The zero-order valence-electron chi connectivity index (χ0n) is 11.0. The Labute approximate surface area is 98.5 Å². The van der Waals surface area contributed by atoms with E-state index >= 15 is 0 Å². The molecule has 0 aromatic carbocycles. The van der Waals surface area contributed by atoms with Crippen molar-refractivity contribution in [2.75, 3.05) is 19.8 Å². The lowest BCUT2D eigenvalue weighted by Crippen LogP contribution is -2.56.